The Balaban J connectivity index is 2.89. The van der Waals surface area contributed by atoms with Crippen LogP contribution in [0.4, 0.5) is 8.78 Å². The van der Waals surface area contributed by atoms with Gasteiger partial charge in [-0.15, -0.1) is 0 Å². The molecule has 1 aromatic rings. The molecule has 0 saturated heterocycles. The van der Waals surface area contributed by atoms with E-state index in [2.05, 4.69) is 5.92 Å². The highest BCUT2D eigenvalue weighted by molar-refractivity contribution is 5.89. The molecule has 0 amide bonds. The van der Waals surface area contributed by atoms with Crippen LogP contribution in [0.1, 0.15) is 26.3 Å². The van der Waals surface area contributed by atoms with Gasteiger partial charge in [-0.25, -0.2) is 13.6 Å². The zero-order valence-corrected chi connectivity index (χ0v) is 9.80. The quantitative estimate of drug-likeness (QED) is 0.513. The minimum absolute atomic E-state index is 0.432. The van der Waals surface area contributed by atoms with Gasteiger partial charge in [-0.2, -0.15) is 0 Å². The van der Waals surface area contributed by atoms with Crippen molar-refractivity contribution >= 4 is 5.97 Å². The molecule has 2 nitrogen and oxygen atoms in total. The van der Waals surface area contributed by atoms with Gasteiger partial charge < -0.3 is 4.74 Å². The Morgan fingerprint density at radius 1 is 1.24 bits per heavy atom. The van der Waals surface area contributed by atoms with Gasteiger partial charge in [-0.3, -0.25) is 0 Å². The van der Waals surface area contributed by atoms with Crippen LogP contribution in [0.3, 0.4) is 0 Å². The number of ether oxygens (including phenoxy) is 1. The van der Waals surface area contributed by atoms with Crippen LogP contribution < -0.4 is 0 Å². The molecule has 0 atom stereocenters. The van der Waals surface area contributed by atoms with Crippen LogP contribution in [-0.4, -0.2) is 11.6 Å². The zero-order chi connectivity index (χ0) is 13.1. The van der Waals surface area contributed by atoms with Crippen molar-refractivity contribution in [3.8, 4) is 11.8 Å². The Hall–Kier alpha value is -1.89. The molecular weight excluding hydrogens is 226 g/mol. The highest BCUT2D eigenvalue weighted by atomic mass is 19.1. The fraction of sp³-hybridized carbons (Fsp3) is 0.308. The van der Waals surface area contributed by atoms with Crippen molar-refractivity contribution in [3.05, 3.63) is 35.4 Å². The number of carbonyl (C=O) groups excluding carboxylic acids is 1. The van der Waals surface area contributed by atoms with Gasteiger partial charge in [0.2, 0.25) is 0 Å². The summed E-state index contributed by atoms with van der Waals surface area (Å²) in [7, 11) is 0. The summed E-state index contributed by atoms with van der Waals surface area (Å²) in [6, 6.07) is 3.37. The molecule has 4 heteroatoms. The maximum absolute atomic E-state index is 13.1. The van der Waals surface area contributed by atoms with E-state index in [4.69, 9.17) is 4.74 Å². The molecule has 1 rings (SSSR count). The second-order valence-corrected chi connectivity index (χ2v) is 4.35. The van der Waals surface area contributed by atoms with Crippen molar-refractivity contribution in [1.82, 2.24) is 0 Å². The lowest BCUT2D eigenvalue weighted by molar-refractivity contribution is -0.147. The van der Waals surface area contributed by atoms with E-state index in [9.17, 15) is 13.6 Å². The largest absolute Gasteiger partial charge is 0.450 e. The number of carbonyl (C=O) groups is 1. The number of esters is 1. The van der Waals surface area contributed by atoms with E-state index in [0.29, 0.717) is 0 Å². The number of rotatable bonds is 0. The molecule has 0 fully saturated rings. The van der Waals surface area contributed by atoms with E-state index in [1.807, 2.05) is 5.92 Å². The first-order valence-corrected chi connectivity index (χ1v) is 4.98. The molecule has 0 aliphatic rings. The van der Waals surface area contributed by atoms with Crippen LogP contribution in [0, 0.1) is 23.5 Å². The van der Waals surface area contributed by atoms with Gasteiger partial charge in [0, 0.05) is 5.92 Å². The predicted octanol–water partition coefficient (Wildman–Crippen LogP) is 2.66. The van der Waals surface area contributed by atoms with Crippen LogP contribution in [-0.2, 0) is 9.53 Å². The molecular formula is C13H12F2O2. The fourth-order valence-corrected chi connectivity index (χ4v) is 1.03. The second kappa shape index (κ2) is 4.96. The summed E-state index contributed by atoms with van der Waals surface area (Å²) in [5.41, 5.74) is -1.11. The van der Waals surface area contributed by atoms with Crippen LogP contribution in [0.25, 0.3) is 0 Å². The van der Waals surface area contributed by atoms with E-state index < -0.39 is 28.8 Å². The Morgan fingerprint density at radius 2 is 1.76 bits per heavy atom. The molecule has 0 heterocycles. The standard InChI is InChI=1S/C13H12F2O2/c1-13(2,3)17-12(16)8-7-9-10(14)5-4-6-11(9)15/h4-6H,1-3H3. The lowest BCUT2D eigenvalue weighted by Gasteiger charge is -2.16. The lowest BCUT2D eigenvalue weighted by Crippen LogP contribution is -2.22. The molecule has 0 aromatic heterocycles. The van der Waals surface area contributed by atoms with Crippen molar-refractivity contribution < 1.29 is 18.3 Å². The Morgan fingerprint density at radius 3 is 2.24 bits per heavy atom. The monoisotopic (exact) mass is 238 g/mol. The van der Waals surface area contributed by atoms with E-state index in [1.54, 1.807) is 20.8 Å². The zero-order valence-electron chi connectivity index (χ0n) is 9.80. The highest BCUT2D eigenvalue weighted by Gasteiger charge is 2.14. The molecule has 0 aliphatic carbocycles. The molecule has 0 radical (unpaired) electrons. The van der Waals surface area contributed by atoms with Gasteiger partial charge in [0.1, 0.15) is 17.2 Å². The summed E-state index contributed by atoms with van der Waals surface area (Å²) in [6.45, 7) is 5.03. The maximum atomic E-state index is 13.1. The third-order valence-electron chi connectivity index (χ3n) is 1.65. The first-order chi connectivity index (χ1) is 7.79. The van der Waals surface area contributed by atoms with Crippen LogP contribution in [0.5, 0.6) is 0 Å². The minimum atomic E-state index is -0.819. The van der Waals surface area contributed by atoms with Gasteiger partial charge in [0.25, 0.3) is 0 Å². The van der Waals surface area contributed by atoms with Crippen LogP contribution >= 0.6 is 0 Å². The third kappa shape index (κ3) is 4.23. The minimum Gasteiger partial charge on any atom is -0.450 e. The Bertz CT molecular complexity index is 470. The first-order valence-electron chi connectivity index (χ1n) is 4.98. The number of benzene rings is 1. The molecule has 0 unspecified atom stereocenters. The molecule has 0 saturated carbocycles. The second-order valence-electron chi connectivity index (χ2n) is 4.35. The third-order valence-corrected chi connectivity index (χ3v) is 1.65. The van der Waals surface area contributed by atoms with Crippen molar-refractivity contribution in [2.45, 2.75) is 26.4 Å². The van der Waals surface area contributed by atoms with Crippen LogP contribution in [0.2, 0.25) is 0 Å². The normalized spacial score (nSPS) is 10.4. The average molecular weight is 238 g/mol. The number of hydrogen-bond donors (Lipinski definition) is 0. The molecule has 90 valence electrons. The summed E-state index contributed by atoms with van der Waals surface area (Å²) in [5, 5.41) is 0. The SMILES string of the molecule is CC(C)(C)OC(=O)C#Cc1c(F)cccc1F. The van der Waals surface area contributed by atoms with Gasteiger partial charge in [-0.1, -0.05) is 6.07 Å². The summed E-state index contributed by atoms with van der Waals surface area (Å²) in [4.78, 5) is 11.2. The molecule has 1 aromatic carbocycles. The summed E-state index contributed by atoms with van der Waals surface area (Å²) < 4.78 is 31.2. The predicted molar refractivity (Wildman–Crippen MR) is 59.1 cm³/mol. The van der Waals surface area contributed by atoms with E-state index >= 15 is 0 Å². The molecule has 0 aliphatic heterocycles. The highest BCUT2D eigenvalue weighted by Crippen LogP contribution is 2.10. The molecule has 17 heavy (non-hydrogen) atoms. The van der Waals surface area contributed by atoms with Crippen molar-refractivity contribution in [3.63, 3.8) is 0 Å². The summed E-state index contributed by atoms with van der Waals surface area (Å²) in [6.07, 6.45) is 0. The smallest absolute Gasteiger partial charge is 0.385 e. The Kier molecular flexibility index (Phi) is 3.84. The molecule has 0 spiro atoms. The van der Waals surface area contributed by atoms with Crippen molar-refractivity contribution in [2.24, 2.45) is 0 Å². The van der Waals surface area contributed by atoms with Gasteiger partial charge in [0.05, 0.1) is 5.56 Å². The average Bonchev–Trinajstić information content (AvgIpc) is 2.14. The summed E-state index contributed by atoms with van der Waals surface area (Å²) >= 11 is 0. The van der Waals surface area contributed by atoms with Crippen molar-refractivity contribution in [1.29, 1.82) is 0 Å². The topological polar surface area (TPSA) is 26.3 Å². The maximum Gasteiger partial charge on any atom is 0.385 e. The van der Waals surface area contributed by atoms with E-state index in [1.165, 1.54) is 6.07 Å². The summed E-state index contributed by atoms with van der Waals surface area (Å²) in [5.74, 6) is 1.75. The number of hydrogen-bond acceptors (Lipinski definition) is 2. The van der Waals surface area contributed by atoms with Gasteiger partial charge >= 0.3 is 5.97 Å². The molecule has 0 bridgehead atoms. The first kappa shape index (κ1) is 13.2. The molecule has 0 N–H and O–H groups in total. The number of halogens is 2. The van der Waals surface area contributed by atoms with E-state index in [-0.39, 0.29) is 0 Å². The van der Waals surface area contributed by atoms with Gasteiger partial charge in [0.15, 0.2) is 0 Å². The fourth-order valence-electron chi connectivity index (χ4n) is 1.03. The van der Waals surface area contributed by atoms with Crippen molar-refractivity contribution in [2.75, 3.05) is 0 Å². The van der Waals surface area contributed by atoms with Crippen LogP contribution in [0.15, 0.2) is 18.2 Å². The Labute approximate surface area is 98.6 Å². The lowest BCUT2D eigenvalue weighted by atomic mass is 10.2. The van der Waals surface area contributed by atoms with Gasteiger partial charge in [-0.05, 0) is 38.8 Å². The van der Waals surface area contributed by atoms with E-state index in [0.717, 1.165) is 12.1 Å².